The van der Waals surface area contributed by atoms with E-state index in [-0.39, 0.29) is 18.3 Å². The molecule has 1 saturated carbocycles. The van der Waals surface area contributed by atoms with Crippen LogP contribution in [0.2, 0.25) is 0 Å². The van der Waals surface area contributed by atoms with E-state index in [0.717, 1.165) is 18.4 Å². The Kier molecular flexibility index (Phi) is 3.66. The van der Waals surface area contributed by atoms with Gasteiger partial charge in [0.25, 0.3) is 0 Å². The summed E-state index contributed by atoms with van der Waals surface area (Å²) in [5.41, 5.74) is 1.03. The molecule has 0 amide bonds. The van der Waals surface area contributed by atoms with Crippen molar-refractivity contribution in [1.82, 2.24) is 24.7 Å². The third kappa shape index (κ3) is 2.62. The Balaban J connectivity index is 1.74. The van der Waals surface area contributed by atoms with E-state index in [0.29, 0.717) is 29.6 Å². The highest BCUT2D eigenvalue weighted by Gasteiger charge is 2.41. The van der Waals surface area contributed by atoms with Crippen molar-refractivity contribution in [2.75, 3.05) is 0 Å². The zero-order chi connectivity index (χ0) is 17.4. The zero-order valence-corrected chi connectivity index (χ0v) is 13.6. The Morgan fingerprint density at radius 2 is 2.16 bits per heavy atom. The second-order valence-electron chi connectivity index (χ2n) is 6.54. The van der Waals surface area contributed by atoms with Crippen molar-refractivity contribution in [3.63, 3.8) is 0 Å². The number of aromatic amines is 1. The molecule has 3 N–H and O–H groups in total. The Bertz CT molecular complexity index is 948. The van der Waals surface area contributed by atoms with Crippen LogP contribution in [-0.2, 0) is 0 Å². The first-order valence-corrected chi connectivity index (χ1v) is 8.27. The minimum atomic E-state index is -0.896. The Morgan fingerprint density at radius 1 is 1.36 bits per heavy atom. The predicted octanol–water partition coefficient (Wildman–Crippen LogP) is 2.29. The normalized spacial score (nSPS) is 17.6. The summed E-state index contributed by atoms with van der Waals surface area (Å²) in [6.45, 7) is 0. The van der Waals surface area contributed by atoms with Crippen LogP contribution < -0.4 is 0 Å². The van der Waals surface area contributed by atoms with Gasteiger partial charge in [-0.3, -0.25) is 4.68 Å². The summed E-state index contributed by atoms with van der Waals surface area (Å²) in [7, 11) is 0. The third-order valence-electron chi connectivity index (χ3n) is 4.98. The number of nitrogens with zero attached hydrogens (tertiary/aromatic N) is 5. The minimum Gasteiger partial charge on any atom is -0.495 e. The molecule has 0 aliphatic heterocycles. The van der Waals surface area contributed by atoms with E-state index in [4.69, 9.17) is 0 Å². The van der Waals surface area contributed by atoms with Gasteiger partial charge in [-0.15, -0.1) is 0 Å². The first-order valence-electron chi connectivity index (χ1n) is 8.27. The minimum absolute atomic E-state index is 0.0202. The van der Waals surface area contributed by atoms with E-state index < -0.39 is 5.60 Å². The number of H-pyrrole nitrogens is 1. The highest BCUT2D eigenvalue weighted by molar-refractivity contribution is 5.91. The molecule has 1 atom stereocenters. The molecule has 25 heavy (non-hydrogen) atoms. The number of aromatic hydroxyl groups is 1. The fourth-order valence-corrected chi connectivity index (χ4v) is 3.72. The maximum atomic E-state index is 10.9. The van der Waals surface area contributed by atoms with Crippen LogP contribution in [0.25, 0.3) is 22.3 Å². The van der Waals surface area contributed by atoms with E-state index in [1.54, 1.807) is 23.1 Å². The fraction of sp³-hybridized carbons (Fsp3) is 0.412. The zero-order valence-electron chi connectivity index (χ0n) is 13.6. The van der Waals surface area contributed by atoms with E-state index in [1.165, 1.54) is 6.33 Å². The fourth-order valence-electron chi connectivity index (χ4n) is 3.72. The van der Waals surface area contributed by atoms with E-state index in [1.807, 2.05) is 0 Å². The molecule has 1 unspecified atom stereocenters. The molecule has 3 aromatic heterocycles. The Labute approximate surface area is 143 Å². The highest BCUT2D eigenvalue weighted by atomic mass is 16.3. The number of rotatable bonds is 4. The van der Waals surface area contributed by atoms with E-state index in [2.05, 4.69) is 26.1 Å². The second kappa shape index (κ2) is 5.86. The van der Waals surface area contributed by atoms with Crippen LogP contribution in [0.3, 0.4) is 0 Å². The van der Waals surface area contributed by atoms with Crippen molar-refractivity contribution in [2.24, 2.45) is 0 Å². The third-order valence-corrected chi connectivity index (χ3v) is 4.98. The molecule has 1 aliphatic carbocycles. The van der Waals surface area contributed by atoms with Crippen LogP contribution >= 0.6 is 0 Å². The molecule has 0 spiro atoms. The second-order valence-corrected chi connectivity index (χ2v) is 6.54. The molecule has 0 bridgehead atoms. The lowest BCUT2D eigenvalue weighted by atomic mass is 9.90. The lowest BCUT2D eigenvalue weighted by Gasteiger charge is -2.31. The van der Waals surface area contributed by atoms with Gasteiger partial charge in [-0.1, -0.05) is 12.8 Å². The van der Waals surface area contributed by atoms with Gasteiger partial charge < -0.3 is 15.2 Å². The molecule has 1 fully saturated rings. The molecule has 8 heteroatoms. The van der Waals surface area contributed by atoms with Crippen molar-refractivity contribution in [3.05, 3.63) is 24.8 Å². The van der Waals surface area contributed by atoms with Gasteiger partial charge in [0, 0.05) is 23.2 Å². The van der Waals surface area contributed by atoms with E-state index >= 15 is 0 Å². The number of nitrogens with one attached hydrogen (secondary N) is 1. The first kappa shape index (κ1) is 15.6. The quantitative estimate of drug-likeness (QED) is 0.670. The van der Waals surface area contributed by atoms with Crippen LogP contribution in [0.5, 0.6) is 5.88 Å². The van der Waals surface area contributed by atoms with E-state index in [9.17, 15) is 15.5 Å². The summed E-state index contributed by atoms with van der Waals surface area (Å²) in [6, 6.07) is 3.35. The van der Waals surface area contributed by atoms with Crippen LogP contribution in [-0.4, -0.2) is 40.5 Å². The lowest BCUT2D eigenvalue weighted by molar-refractivity contribution is -0.00902. The van der Waals surface area contributed by atoms with Gasteiger partial charge in [0.2, 0.25) is 0 Å². The van der Waals surface area contributed by atoms with Crippen LogP contribution in [0.15, 0.2) is 24.8 Å². The van der Waals surface area contributed by atoms with Crippen LogP contribution in [0.1, 0.15) is 38.1 Å². The van der Waals surface area contributed by atoms with Gasteiger partial charge in [-0.25, -0.2) is 9.97 Å². The molecule has 0 saturated heterocycles. The topological polar surface area (TPSA) is 124 Å². The van der Waals surface area contributed by atoms with Crippen LogP contribution in [0.4, 0.5) is 0 Å². The molecule has 3 heterocycles. The number of nitriles is 1. The highest BCUT2D eigenvalue weighted by Crippen LogP contribution is 2.40. The van der Waals surface area contributed by atoms with Crippen molar-refractivity contribution < 1.29 is 10.2 Å². The molecule has 1 aliphatic rings. The van der Waals surface area contributed by atoms with Gasteiger partial charge in [0.1, 0.15) is 12.0 Å². The van der Waals surface area contributed by atoms with Gasteiger partial charge in [0.05, 0.1) is 36.0 Å². The maximum Gasteiger partial charge on any atom is 0.190 e. The summed E-state index contributed by atoms with van der Waals surface area (Å²) in [6.07, 6.45) is 8.35. The van der Waals surface area contributed by atoms with Crippen molar-refractivity contribution >= 4 is 11.0 Å². The SMILES string of the molecule is N#CCC(n1cc(-c2ncnc3[nH]c(O)cc23)cn1)C1(O)CCCC1. The van der Waals surface area contributed by atoms with Crippen LogP contribution in [0, 0.1) is 11.3 Å². The van der Waals surface area contributed by atoms with Crippen molar-refractivity contribution in [3.8, 4) is 23.2 Å². The Hall–Kier alpha value is -2.92. The van der Waals surface area contributed by atoms with Crippen molar-refractivity contribution in [1.29, 1.82) is 5.26 Å². The summed E-state index contributed by atoms with van der Waals surface area (Å²) >= 11 is 0. The number of hydrogen-bond acceptors (Lipinski definition) is 6. The smallest absolute Gasteiger partial charge is 0.190 e. The molecular weight excluding hydrogens is 320 g/mol. The largest absolute Gasteiger partial charge is 0.495 e. The predicted molar refractivity (Wildman–Crippen MR) is 89.5 cm³/mol. The molecular formula is C17H18N6O2. The van der Waals surface area contributed by atoms with Crippen molar-refractivity contribution in [2.45, 2.75) is 43.7 Å². The molecule has 3 aromatic rings. The summed E-state index contributed by atoms with van der Waals surface area (Å²) < 4.78 is 1.67. The molecule has 128 valence electrons. The van der Waals surface area contributed by atoms with Gasteiger partial charge in [-0.2, -0.15) is 10.4 Å². The Morgan fingerprint density at radius 3 is 2.92 bits per heavy atom. The summed E-state index contributed by atoms with van der Waals surface area (Å²) in [4.78, 5) is 11.2. The average Bonchev–Trinajstić information content (AvgIpc) is 3.31. The average molecular weight is 338 g/mol. The number of fused-ring (bicyclic) bond motifs is 1. The number of hydrogen-bond donors (Lipinski definition) is 3. The standard InChI is InChI=1S/C17H18N6O2/c18-6-3-13(17(25)4-1-2-5-17)23-9-11(8-21-23)15-12-7-14(24)22-16(12)20-10-19-15/h7-10,13,24-25H,1-5H2,(H,19,20,22). The van der Waals surface area contributed by atoms with Gasteiger partial charge in [0.15, 0.2) is 5.88 Å². The summed E-state index contributed by atoms with van der Waals surface area (Å²) in [5, 5.41) is 34.8. The summed E-state index contributed by atoms with van der Waals surface area (Å²) in [5.74, 6) is 0.0202. The van der Waals surface area contributed by atoms with Gasteiger partial charge in [-0.05, 0) is 12.8 Å². The monoisotopic (exact) mass is 338 g/mol. The molecule has 0 radical (unpaired) electrons. The maximum absolute atomic E-state index is 10.9. The first-order chi connectivity index (χ1) is 12.1. The molecule has 8 nitrogen and oxygen atoms in total. The molecule has 0 aromatic carbocycles. The van der Waals surface area contributed by atoms with Gasteiger partial charge >= 0.3 is 0 Å². The molecule has 4 rings (SSSR count). The number of aliphatic hydroxyl groups is 1. The lowest BCUT2D eigenvalue weighted by Crippen LogP contribution is -2.36. The number of aromatic nitrogens is 5.